The number of carbonyl (C=O) groups excluding carboxylic acids is 1. The summed E-state index contributed by atoms with van der Waals surface area (Å²) < 4.78 is 17.6. The first kappa shape index (κ1) is 28.6. The van der Waals surface area contributed by atoms with Crippen LogP contribution in [0, 0.1) is 6.92 Å². The molecule has 0 aliphatic carbocycles. The molecule has 216 valence electrons. The van der Waals surface area contributed by atoms with Crippen molar-refractivity contribution in [2.24, 2.45) is 0 Å². The number of amides is 1. The SMILES string of the molecule is COc1ccccc1[C@H](CN1c2sc(-c3ncco3)c(C)c2C(=O)N(C(C)(C)C(O)N2CCC2)C1O)OC(C)C. The number of fused-ring (bicyclic) bond motifs is 1. The standard InChI is InChI=1S/C29H38N4O6S/c1-17(2)39-21(19-10-7-8-11-20(19)37-6)16-32-26-22(18(3)23(40-26)24-30-12-15-38-24)25(34)33(28(32)36)29(4,5)27(35)31-13-9-14-31/h7-8,10-12,15,17,21,27-28,35-36H,9,13-14,16H2,1-6H3/t21-,27?,28?/m0/s1. The predicted molar refractivity (Wildman–Crippen MR) is 152 cm³/mol. The number of hydrogen-bond donors (Lipinski definition) is 2. The number of carbonyl (C=O) groups is 1. The molecular weight excluding hydrogens is 532 g/mol. The van der Waals surface area contributed by atoms with Crippen LogP contribution in [0.4, 0.5) is 5.00 Å². The number of aromatic nitrogens is 1. The molecule has 2 unspecified atom stereocenters. The number of rotatable bonds is 10. The van der Waals surface area contributed by atoms with E-state index >= 15 is 0 Å². The van der Waals surface area contributed by atoms with Gasteiger partial charge in [0.05, 0.1) is 41.9 Å². The van der Waals surface area contributed by atoms with E-state index in [4.69, 9.17) is 13.9 Å². The van der Waals surface area contributed by atoms with E-state index in [0.29, 0.717) is 32.6 Å². The number of ether oxygens (including phenoxy) is 2. The Labute approximate surface area is 238 Å². The Balaban J connectivity index is 1.63. The lowest BCUT2D eigenvalue weighted by atomic mass is 9.94. The molecule has 10 nitrogen and oxygen atoms in total. The van der Waals surface area contributed by atoms with Crippen LogP contribution in [0.2, 0.25) is 0 Å². The molecule has 40 heavy (non-hydrogen) atoms. The predicted octanol–water partition coefficient (Wildman–Crippen LogP) is 4.23. The van der Waals surface area contributed by atoms with E-state index in [1.165, 1.54) is 22.5 Å². The molecule has 1 amide bonds. The number of likely N-dealkylation sites (tertiary alicyclic amines) is 1. The molecule has 0 saturated carbocycles. The third-order valence-electron chi connectivity index (χ3n) is 7.73. The quantitative estimate of drug-likeness (QED) is 0.370. The van der Waals surface area contributed by atoms with Crippen LogP contribution in [0.25, 0.3) is 10.8 Å². The third-order valence-corrected chi connectivity index (χ3v) is 9.05. The van der Waals surface area contributed by atoms with Crippen molar-refractivity contribution in [3.05, 3.63) is 53.4 Å². The van der Waals surface area contributed by atoms with Gasteiger partial charge in [-0.1, -0.05) is 18.2 Å². The Hall–Kier alpha value is -2.96. The fraction of sp³-hybridized carbons (Fsp3) is 0.517. The summed E-state index contributed by atoms with van der Waals surface area (Å²) in [4.78, 5) is 24.3. The Morgan fingerprint density at radius 2 is 1.98 bits per heavy atom. The van der Waals surface area contributed by atoms with Gasteiger partial charge in [-0.2, -0.15) is 0 Å². The number of anilines is 1. The van der Waals surface area contributed by atoms with Crippen LogP contribution in [0.5, 0.6) is 5.75 Å². The van der Waals surface area contributed by atoms with Gasteiger partial charge in [0.15, 0.2) is 0 Å². The van der Waals surface area contributed by atoms with E-state index in [0.717, 1.165) is 25.1 Å². The lowest BCUT2D eigenvalue weighted by molar-refractivity contribution is -0.148. The largest absolute Gasteiger partial charge is 0.496 e. The Morgan fingerprint density at radius 1 is 1.25 bits per heavy atom. The van der Waals surface area contributed by atoms with Crippen molar-refractivity contribution < 1.29 is 28.9 Å². The lowest BCUT2D eigenvalue weighted by Crippen LogP contribution is -2.69. The summed E-state index contributed by atoms with van der Waals surface area (Å²) in [6.45, 7) is 11.1. The van der Waals surface area contributed by atoms with Gasteiger partial charge in [-0.3, -0.25) is 14.6 Å². The topological polar surface area (TPSA) is 112 Å². The fourth-order valence-electron chi connectivity index (χ4n) is 5.51. The van der Waals surface area contributed by atoms with Crippen molar-refractivity contribution in [3.63, 3.8) is 0 Å². The molecule has 1 fully saturated rings. The monoisotopic (exact) mass is 570 g/mol. The van der Waals surface area contributed by atoms with Crippen LogP contribution in [0.1, 0.15) is 61.7 Å². The second-order valence-corrected chi connectivity index (χ2v) is 12.1. The number of oxazole rings is 1. The highest BCUT2D eigenvalue weighted by Crippen LogP contribution is 2.48. The Bertz CT molecular complexity index is 1340. The van der Waals surface area contributed by atoms with Gasteiger partial charge in [-0.05, 0) is 52.7 Å². The minimum atomic E-state index is -1.37. The molecule has 11 heteroatoms. The van der Waals surface area contributed by atoms with Crippen LogP contribution in [0.15, 0.2) is 41.1 Å². The maximum absolute atomic E-state index is 14.2. The summed E-state index contributed by atoms with van der Waals surface area (Å²) in [5.41, 5.74) is 0.887. The van der Waals surface area contributed by atoms with Crippen LogP contribution in [0.3, 0.4) is 0 Å². The Morgan fingerprint density at radius 3 is 2.58 bits per heavy atom. The molecule has 3 atom stereocenters. The molecule has 4 heterocycles. The highest BCUT2D eigenvalue weighted by Gasteiger charge is 2.51. The molecule has 5 rings (SSSR count). The van der Waals surface area contributed by atoms with Crippen LogP contribution >= 0.6 is 11.3 Å². The first-order valence-electron chi connectivity index (χ1n) is 13.6. The molecule has 1 saturated heterocycles. The molecule has 0 radical (unpaired) electrons. The van der Waals surface area contributed by atoms with E-state index in [-0.39, 0.29) is 18.6 Å². The minimum Gasteiger partial charge on any atom is -0.496 e. The smallest absolute Gasteiger partial charge is 0.261 e. The number of para-hydroxylation sites is 1. The highest BCUT2D eigenvalue weighted by molar-refractivity contribution is 7.20. The third kappa shape index (κ3) is 4.90. The molecule has 3 aromatic rings. The van der Waals surface area contributed by atoms with Crippen molar-refractivity contribution >= 4 is 22.2 Å². The maximum Gasteiger partial charge on any atom is 0.261 e. The second kappa shape index (κ2) is 11.1. The summed E-state index contributed by atoms with van der Waals surface area (Å²) in [7, 11) is 1.62. The van der Waals surface area contributed by atoms with E-state index in [2.05, 4.69) is 4.98 Å². The first-order chi connectivity index (χ1) is 19.1. The summed E-state index contributed by atoms with van der Waals surface area (Å²) in [5.74, 6) is 0.725. The lowest BCUT2D eigenvalue weighted by Gasteiger charge is -2.53. The van der Waals surface area contributed by atoms with Crippen LogP contribution < -0.4 is 9.64 Å². The molecule has 2 N–H and O–H groups in total. The van der Waals surface area contributed by atoms with Crippen LogP contribution in [-0.2, 0) is 4.74 Å². The van der Waals surface area contributed by atoms with Gasteiger partial charge in [0.2, 0.25) is 12.2 Å². The summed E-state index contributed by atoms with van der Waals surface area (Å²) in [5, 5.41) is 23.9. The number of thiophene rings is 1. The summed E-state index contributed by atoms with van der Waals surface area (Å²) in [6, 6.07) is 7.64. The molecule has 2 aliphatic rings. The van der Waals surface area contributed by atoms with Gasteiger partial charge in [0.1, 0.15) is 29.3 Å². The Kier molecular flexibility index (Phi) is 7.95. The van der Waals surface area contributed by atoms with Gasteiger partial charge < -0.3 is 29.0 Å². The number of aliphatic hydroxyl groups is 2. The number of nitrogens with zero attached hydrogens (tertiary/aromatic N) is 4. The van der Waals surface area contributed by atoms with Crippen molar-refractivity contribution in [2.45, 2.75) is 71.4 Å². The highest BCUT2D eigenvalue weighted by atomic mass is 32.1. The number of benzene rings is 1. The molecular formula is C29H38N4O6S. The number of methoxy groups -OCH3 is 1. The van der Waals surface area contributed by atoms with E-state index in [9.17, 15) is 15.0 Å². The average Bonchev–Trinajstić information content (AvgIpc) is 3.52. The molecule has 0 spiro atoms. The van der Waals surface area contributed by atoms with Gasteiger partial charge in [0, 0.05) is 18.7 Å². The minimum absolute atomic E-state index is 0.119. The zero-order valence-electron chi connectivity index (χ0n) is 23.8. The molecule has 2 aliphatic heterocycles. The maximum atomic E-state index is 14.2. The van der Waals surface area contributed by atoms with E-state index in [1.54, 1.807) is 32.1 Å². The van der Waals surface area contributed by atoms with Gasteiger partial charge in [0.25, 0.3) is 5.91 Å². The van der Waals surface area contributed by atoms with E-state index in [1.807, 2.05) is 49.9 Å². The zero-order chi connectivity index (χ0) is 28.8. The second-order valence-electron chi connectivity index (χ2n) is 11.1. The van der Waals surface area contributed by atoms with Crippen molar-refractivity contribution in [1.29, 1.82) is 0 Å². The average molecular weight is 571 g/mol. The normalized spacial score (nSPS) is 19.5. The van der Waals surface area contributed by atoms with Gasteiger partial charge >= 0.3 is 0 Å². The van der Waals surface area contributed by atoms with Crippen molar-refractivity contribution in [2.75, 3.05) is 31.6 Å². The summed E-state index contributed by atoms with van der Waals surface area (Å²) in [6.07, 6.45) is 1.11. The van der Waals surface area contributed by atoms with Crippen molar-refractivity contribution in [1.82, 2.24) is 14.8 Å². The molecule has 0 bridgehead atoms. The number of aliphatic hydroxyl groups excluding tert-OH is 2. The van der Waals surface area contributed by atoms with Gasteiger partial charge in [-0.25, -0.2) is 4.98 Å². The van der Waals surface area contributed by atoms with Crippen LogP contribution in [-0.4, -0.2) is 81.9 Å². The van der Waals surface area contributed by atoms with Gasteiger partial charge in [-0.15, -0.1) is 11.3 Å². The van der Waals surface area contributed by atoms with Crippen molar-refractivity contribution in [3.8, 4) is 16.5 Å². The zero-order valence-corrected chi connectivity index (χ0v) is 24.6. The fourth-order valence-corrected chi connectivity index (χ4v) is 6.77. The summed E-state index contributed by atoms with van der Waals surface area (Å²) >= 11 is 1.35. The number of hydrogen-bond acceptors (Lipinski definition) is 10. The molecule has 2 aromatic heterocycles. The molecule has 1 aromatic carbocycles. The first-order valence-corrected chi connectivity index (χ1v) is 14.4. The van der Waals surface area contributed by atoms with E-state index < -0.39 is 24.2 Å².